The average Bonchev–Trinajstić information content (AvgIpc) is 2.27. The lowest BCUT2D eigenvalue weighted by atomic mass is 10.1. The van der Waals surface area contributed by atoms with Crippen LogP contribution >= 0.6 is 0 Å². The van der Waals surface area contributed by atoms with Crippen molar-refractivity contribution in [3.8, 4) is 0 Å². The Kier molecular flexibility index (Phi) is 4.84. The number of hydrogen-bond acceptors (Lipinski definition) is 2. The zero-order valence-corrected chi connectivity index (χ0v) is 8.99. The van der Waals surface area contributed by atoms with Crippen molar-refractivity contribution in [1.29, 1.82) is 0 Å². The monoisotopic (exact) mass is 207 g/mol. The lowest BCUT2D eigenvalue weighted by Gasteiger charge is -2.04. The number of benzene rings is 1. The Morgan fingerprint density at radius 3 is 2.40 bits per heavy atom. The third-order valence-electron chi connectivity index (χ3n) is 2.26. The minimum Gasteiger partial charge on any atom is -0.396 e. The molecule has 0 aliphatic carbocycles. The maximum Gasteiger partial charge on any atom is 0.222 e. The van der Waals surface area contributed by atoms with Crippen LogP contribution in [0.4, 0.5) is 0 Å². The summed E-state index contributed by atoms with van der Waals surface area (Å²) in [4.78, 5) is 11.1. The van der Waals surface area contributed by atoms with Gasteiger partial charge in [-0.15, -0.1) is 0 Å². The van der Waals surface area contributed by atoms with Crippen LogP contribution in [0.25, 0.3) is 0 Å². The average molecular weight is 207 g/mol. The van der Waals surface area contributed by atoms with E-state index in [2.05, 4.69) is 24.4 Å². The van der Waals surface area contributed by atoms with Crippen molar-refractivity contribution in [3.63, 3.8) is 0 Å². The van der Waals surface area contributed by atoms with Crippen LogP contribution in [-0.2, 0) is 17.8 Å². The zero-order chi connectivity index (χ0) is 11.1. The van der Waals surface area contributed by atoms with Crippen molar-refractivity contribution in [2.24, 2.45) is 0 Å². The van der Waals surface area contributed by atoms with Crippen LogP contribution in [0.15, 0.2) is 24.3 Å². The molecule has 1 aromatic rings. The molecule has 0 fully saturated rings. The van der Waals surface area contributed by atoms with Crippen LogP contribution in [0.1, 0.15) is 24.5 Å². The third-order valence-corrected chi connectivity index (χ3v) is 2.26. The van der Waals surface area contributed by atoms with Gasteiger partial charge in [-0.05, 0) is 17.5 Å². The Morgan fingerprint density at radius 2 is 1.87 bits per heavy atom. The highest BCUT2D eigenvalue weighted by atomic mass is 16.3. The number of nitrogens with one attached hydrogen (secondary N) is 1. The number of carbonyl (C=O) groups excluding carboxylic acids is 1. The van der Waals surface area contributed by atoms with Crippen LogP contribution in [-0.4, -0.2) is 17.6 Å². The predicted molar refractivity (Wildman–Crippen MR) is 59.4 cm³/mol. The molecule has 3 heteroatoms. The quantitative estimate of drug-likeness (QED) is 0.763. The summed E-state index contributed by atoms with van der Waals surface area (Å²) in [7, 11) is 0. The molecule has 15 heavy (non-hydrogen) atoms. The lowest BCUT2D eigenvalue weighted by molar-refractivity contribution is -0.121. The van der Waals surface area contributed by atoms with Gasteiger partial charge in [0.25, 0.3) is 0 Å². The van der Waals surface area contributed by atoms with E-state index in [1.54, 1.807) is 0 Å². The van der Waals surface area contributed by atoms with Gasteiger partial charge in [-0.3, -0.25) is 4.79 Å². The van der Waals surface area contributed by atoms with Gasteiger partial charge in [0.05, 0.1) is 6.61 Å². The van der Waals surface area contributed by atoms with Crippen LogP contribution in [0.2, 0.25) is 0 Å². The summed E-state index contributed by atoms with van der Waals surface area (Å²) < 4.78 is 0. The number of aryl methyl sites for hydroxylation is 1. The van der Waals surface area contributed by atoms with Gasteiger partial charge in [0.2, 0.25) is 5.91 Å². The van der Waals surface area contributed by atoms with Gasteiger partial charge in [0, 0.05) is 13.0 Å². The van der Waals surface area contributed by atoms with Crippen molar-refractivity contribution < 1.29 is 9.90 Å². The molecule has 0 radical (unpaired) electrons. The van der Waals surface area contributed by atoms with Crippen molar-refractivity contribution in [1.82, 2.24) is 5.32 Å². The molecular formula is C12H17NO2. The molecular weight excluding hydrogens is 190 g/mol. The molecule has 0 spiro atoms. The van der Waals surface area contributed by atoms with Gasteiger partial charge in [-0.25, -0.2) is 0 Å². The summed E-state index contributed by atoms with van der Waals surface area (Å²) in [6, 6.07) is 8.15. The molecule has 0 saturated heterocycles. The first kappa shape index (κ1) is 11.7. The molecule has 3 nitrogen and oxygen atoms in total. The topological polar surface area (TPSA) is 49.3 Å². The molecule has 0 aliphatic rings. The number of hydrogen-bond donors (Lipinski definition) is 2. The molecule has 0 saturated carbocycles. The minimum absolute atomic E-state index is 0.0966. The second-order valence-corrected chi connectivity index (χ2v) is 3.42. The fourth-order valence-electron chi connectivity index (χ4n) is 1.28. The number of amides is 1. The Morgan fingerprint density at radius 1 is 1.27 bits per heavy atom. The second kappa shape index (κ2) is 6.19. The third kappa shape index (κ3) is 4.13. The predicted octanol–water partition coefficient (Wildman–Crippen LogP) is 1.25. The molecule has 82 valence electrons. The summed E-state index contributed by atoms with van der Waals surface area (Å²) >= 11 is 0. The van der Waals surface area contributed by atoms with E-state index >= 15 is 0 Å². The van der Waals surface area contributed by atoms with Crippen molar-refractivity contribution in [2.45, 2.75) is 26.3 Å². The summed E-state index contributed by atoms with van der Waals surface area (Å²) in [5.74, 6) is -0.114. The van der Waals surface area contributed by atoms with Crippen LogP contribution in [0.3, 0.4) is 0 Å². The van der Waals surface area contributed by atoms with Gasteiger partial charge >= 0.3 is 0 Å². The summed E-state index contributed by atoms with van der Waals surface area (Å²) in [6.07, 6.45) is 1.20. The van der Waals surface area contributed by atoms with E-state index in [4.69, 9.17) is 5.11 Å². The number of aliphatic hydroxyl groups is 1. The zero-order valence-electron chi connectivity index (χ0n) is 8.99. The number of rotatable bonds is 5. The molecule has 0 atom stereocenters. The first-order valence-electron chi connectivity index (χ1n) is 5.21. The summed E-state index contributed by atoms with van der Waals surface area (Å²) in [5, 5.41) is 11.3. The van der Waals surface area contributed by atoms with E-state index in [1.165, 1.54) is 5.56 Å². The molecule has 1 amide bonds. The fraction of sp³-hybridized carbons (Fsp3) is 0.417. The fourth-order valence-corrected chi connectivity index (χ4v) is 1.28. The first-order valence-corrected chi connectivity index (χ1v) is 5.21. The second-order valence-electron chi connectivity index (χ2n) is 3.42. The van der Waals surface area contributed by atoms with Gasteiger partial charge in [0.1, 0.15) is 0 Å². The number of aliphatic hydroxyl groups excluding tert-OH is 1. The van der Waals surface area contributed by atoms with Crippen LogP contribution in [0, 0.1) is 0 Å². The minimum atomic E-state index is -0.114. The molecule has 0 bridgehead atoms. The van der Waals surface area contributed by atoms with Crippen molar-refractivity contribution >= 4 is 5.91 Å². The summed E-state index contributed by atoms with van der Waals surface area (Å²) in [5.41, 5.74) is 2.37. The van der Waals surface area contributed by atoms with Gasteiger partial charge in [-0.2, -0.15) is 0 Å². The normalized spacial score (nSPS) is 10.0. The van der Waals surface area contributed by atoms with Crippen molar-refractivity contribution in [2.75, 3.05) is 6.61 Å². The Balaban J connectivity index is 2.40. The van der Waals surface area contributed by atoms with E-state index in [-0.39, 0.29) is 18.9 Å². The highest BCUT2D eigenvalue weighted by molar-refractivity contribution is 5.75. The van der Waals surface area contributed by atoms with Gasteiger partial charge < -0.3 is 10.4 Å². The Bertz CT molecular complexity index is 306. The van der Waals surface area contributed by atoms with E-state index in [9.17, 15) is 4.79 Å². The van der Waals surface area contributed by atoms with Crippen LogP contribution in [0.5, 0.6) is 0 Å². The van der Waals surface area contributed by atoms with E-state index < -0.39 is 0 Å². The smallest absolute Gasteiger partial charge is 0.222 e. The first-order chi connectivity index (χ1) is 7.26. The van der Waals surface area contributed by atoms with Gasteiger partial charge in [0.15, 0.2) is 0 Å². The molecule has 1 rings (SSSR count). The van der Waals surface area contributed by atoms with Crippen LogP contribution < -0.4 is 5.32 Å². The summed E-state index contributed by atoms with van der Waals surface area (Å²) in [6.45, 7) is 2.54. The van der Waals surface area contributed by atoms with E-state index in [1.807, 2.05) is 12.1 Å². The van der Waals surface area contributed by atoms with E-state index in [0.29, 0.717) is 6.54 Å². The molecule has 2 N–H and O–H groups in total. The number of carbonyl (C=O) groups is 1. The molecule has 0 heterocycles. The maximum atomic E-state index is 11.1. The SMILES string of the molecule is CCc1ccc(CNC(=O)CCO)cc1. The molecule has 0 unspecified atom stereocenters. The highest BCUT2D eigenvalue weighted by Crippen LogP contribution is 2.04. The molecule has 0 aromatic heterocycles. The van der Waals surface area contributed by atoms with E-state index in [0.717, 1.165) is 12.0 Å². The highest BCUT2D eigenvalue weighted by Gasteiger charge is 1.99. The van der Waals surface area contributed by atoms with Crippen molar-refractivity contribution in [3.05, 3.63) is 35.4 Å². The maximum absolute atomic E-state index is 11.1. The Labute approximate surface area is 90.1 Å². The largest absolute Gasteiger partial charge is 0.396 e. The standard InChI is InChI=1S/C12H17NO2/c1-2-10-3-5-11(6-4-10)9-13-12(15)7-8-14/h3-6,14H,2,7-9H2,1H3,(H,13,15). The Hall–Kier alpha value is -1.35. The molecule has 1 aromatic carbocycles. The lowest BCUT2D eigenvalue weighted by Crippen LogP contribution is -2.23. The molecule has 0 aliphatic heterocycles. The van der Waals surface area contributed by atoms with Gasteiger partial charge in [-0.1, -0.05) is 31.2 Å².